The van der Waals surface area contributed by atoms with Crippen molar-refractivity contribution in [1.82, 2.24) is 15.5 Å². The van der Waals surface area contributed by atoms with Crippen LogP contribution in [0.1, 0.15) is 6.42 Å². The van der Waals surface area contributed by atoms with Gasteiger partial charge in [0.15, 0.2) is 17.6 Å². The minimum atomic E-state index is -4.20. The summed E-state index contributed by atoms with van der Waals surface area (Å²) in [7, 11) is 1.55. The van der Waals surface area contributed by atoms with Crippen LogP contribution < -0.4 is 15.4 Å². The molecule has 1 aliphatic heterocycles. The topological polar surface area (TPSA) is 48.9 Å². The molecule has 0 bridgehead atoms. The fourth-order valence-corrected chi connectivity index (χ4v) is 2.64. The summed E-state index contributed by atoms with van der Waals surface area (Å²) in [6.07, 6.45) is -3.62. The fourth-order valence-electron chi connectivity index (χ4n) is 2.64. The second-order valence-corrected chi connectivity index (χ2v) is 5.90. The molecule has 0 saturated carbocycles. The lowest BCUT2D eigenvalue weighted by Crippen LogP contribution is -2.46. The third kappa shape index (κ3) is 6.66. The van der Waals surface area contributed by atoms with Crippen LogP contribution in [-0.2, 0) is 0 Å². The first-order valence-electron chi connectivity index (χ1n) is 8.11. The van der Waals surface area contributed by atoms with Gasteiger partial charge >= 0.3 is 6.18 Å². The number of rotatable bonds is 6. The number of aliphatic imine (C=N–C) groups is 1. The predicted molar refractivity (Wildman–Crippen MR) is 87.3 cm³/mol. The highest BCUT2D eigenvalue weighted by Crippen LogP contribution is 2.20. The van der Waals surface area contributed by atoms with Gasteiger partial charge in [-0.25, -0.2) is 8.78 Å². The molecule has 1 aromatic carbocycles. The number of guanidine groups is 1. The Kier molecular flexibility index (Phi) is 7.01. The number of hydrogen-bond donors (Lipinski definition) is 2. The van der Waals surface area contributed by atoms with Gasteiger partial charge in [-0.3, -0.25) is 9.89 Å². The van der Waals surface area contributed by atoms with E-state index in [9.17, 15) is 22.0 Å². The van der Waals surface area contributed by atoms with Crippen LogP contribution >= 0.6 is 0 Å². The summed E-state index contributed by atoms with van der Waals surface area (Å²) in [5, 5.41) is 6.02. The molecule has 1 saturated heterocycles. The summed E-state index contributed by atoms with van der Waals surface area (Å²) in [5.74, 6) is -1.29. The van der Waals surface area contributed by atoms with E-state index in [0.717, 1.165) is 12.1 Å². The first kappa shape index (κ1) is 20.2. The van der Waals surface area contributed by atoms with E-state index in [4.69, 9.17) is 4.74 Å². The monoisotopic (exact) mass is 380 g/mol. The van der Waals surface area contributed by atoms with Gasteiger partial charge in [0.1, 0.15) is 12.4 Å². The molecule has 26 heavy (non-hydrogen) atoms. The van der Waals surface area contributed by atoms with Crippen molar-refractivity contribution in [3.63, 3.8) is 0 Å². The summed E-state index contributed by atoms with van der Waals surface area (Å²) in [4.78, 5) is 5.35. The van der Waals surface area contributed by atoms with Crippen molar-refractivity contribution < 1.29 is 26.7 Å². The molecule has 1 atom stereocenters. The lowest BCUT2D eigenvalue weighted by molar-refractivity contribution is -0.143. The Labute approximate surface area is 148 Å². The minimum absolute atomic E-state index is 0.129. The molecular formula is C16H21F5N4O. The van der Waals surface area contributed by atoms with Crippen LogP contribution in [0.5, 0.6) is 5.75 Å². The molecule has 5 nitrogen and oxygen atoms in total. The largest absolute Gasteiger partial charge is 0.492 e. The molecule has 0 aliphatic carbocycles. The van der Waals surface area contributed by atoms with E-state index in [1.165, 1.54) is 11.0 Å². The van der Waals surface area contributed by atoms with E-state index in [1.807, 2.05) is 0 Å². The Hall–Kier alpha value is -2.10. The molecule has 1 aromatic rings. The molecule has 0 radical (unpaired) electrons. The average Bonchev–Trinajstić information content (AvgIpc) is 2.98. The van der Waals surface area contributed by atoms with E-state index in [2.05, 4.69) is 15.6 Å². The second kappa shape index (κ2) is 9.02. The van der Waals surface area contributed by atoms with Crippen molar-refractivity contribution in [2.24, 2.45) is 4.99 Å². The Bertz CT molecular complexity index is 623. The number of nitrogens with zero attached hydrogens (tertiary/aromatic N) is 2. The molecule has 2 N–H and O–H groups in total. The van der Waals surface area contributed by atoms with Crippen LogP contribution in [0.15, 0.2) is 23.2 Å². The quantitative estimate of drug-likeness (QED) is 0.344. The number of ether oxygens (including phenoxy) is 1. The smallest absolute Gasteiger partial charge is 0.401 e. The highest BCUT2D eigenvalue weighted by molar-refractivity contribution is 5.80. The van der Waals surface area contributed by atoms with Crippen LogP contribution in [-0.4, -0.2) is 62.9 Å². The van der Waals surface area contributed by atoms with E-state index >= 15 is 0 Å². The second-order valence-electron chi connectivity index (χ2n) is 5.90. The number of hydrogen-bond acceptors (Lipinski definition) is 3. The number of halogens is 5. The van der Waals surface area contributed by atoms with Gasteiger partial charge in [0, 0.05) is 32.2 Å². The van der Waals surface area contributed by atoms with Crippen molar-refractivity contribution in [1.29, 1.82) is 0 Å². The molecule has 1 heterocycles. The Morgan fingerprint density at radius 2 is 2.08 bits per heavy atom. The summed E-state index contributed by atoms with van der Waals surface area (Å²) >= 11 is 0. The van der Waals surface area contributed by atoms with Gasteiger partial charge < -0.3 is 15.4 Å². The maximum atomic E-state index is 13.1. The van der Waals surface area contributed by atoms with Gasteiger partial charge in [-0.1, -0.05) is 0 Å². The van der Waals surface area contributed by atoms with E-state index in [1.54, 1.807) is 7.05 Å². The van der Waals surface area contributed by atoms with Crippen LogP contribution in [0.25, 0.3) is 0 Å². The zero-order valence-electron chi connectivity index (χ0n) is 14.2. The average molecular weight is 380 g/mol. The predicted octanol–water partition coefficient (Wildman–Crippen LogP) is 2.15. The highest BCUT2D eigenvalue weighted by atomic mass is 19.4. The van der Waals surface area contributed by atoms with Gasteiger partial charge in [-0.2, -0.15) is 13.2 Å². The molecule has 0 amide bonds. The zero-order chi connectivity index (χ0) is 19.2. The van der Waals surface area contributed by atoms with Crippen molar-refractivity contribution in [3.05, 3.63) is 29.8 Å². The van der Waals surface area contributed by atoms with Crippen LogP contribution in [0, 0.1) is 11.6 Å². The van der Waals surface area contributed by atoms with Crippen LogP contribution in [0.3, 0.4) is 0 Å². The third-order valence-corrected chi connectivity index (χ3v) is 3.79. The van der Waals surface area contributed by atoms with Crippen LogP contribution in [0.2, 0.25) is 0 Å². The van der Waals surface area contributed by atoms with Gasteiger partial charge in [-0.05, 0) is 18.6 Å². The van der Waals surface area contributed by atoms with E-state index < -0.39 is 24.4 Å². The summed E-state index contributed by atoms with van der Waals surface area (Å²) < 4.78 is 68.4. The maximum Gasteiger partial charge on any atom is 0.401 e. The molecule has 146 valence electrons. The zero-order valence-corrected chi connectivity index (χ0v) is 14.2. The third-order valence-electron chi connectivity index (χ3n) is 3.79. The molecule has 2 rings (SSSR count). The van der Waals surface area contributed by atoms with Gasteiger partial charge in [0.25, 0.3) is 0 Å². The normalized spacial score (nSPS) is 18.8. The minimum Gasteiger partial charge on any atom is -0.492 e. The molecular weight excluding hydrogens is 359 g/mol. The fraction of sp³-hybridized carbons (Fsp3) is 0.562. The van der Waals surface area contributed by atoms with E-state index in [0.29, 0.717) is 25.5 Å². The van der Waals surface area contributed by atoms with Crippen LogP contribution in [0.4, 0.5) is 22.0 Å². The SMILES string of the molecule is CN=C(NCCOc1ccc(F)c(F)c1)NC1CCN(CC(F)(F)F)C1. The van der Waals surface area contributed by atoms with E-state index in [-0.39, 0.29) is 24.9 Å². The number of benzene rings is 1. The Morgan fingerprint density at radius 3 is 2.73 bits per heavy atom. The molecule has 1 aliphatic rings. The Morgan fingerprint density at radius 1 is 1.31 bits per heavy atom. The van der Waals surface area contributed by atoms with Crippen molar-refractivity contribution in [3.8, 4) is 5.75 Å². The van der Waals surface area contributed by atoms with Gasteiger partial charge in [-0.15, -0.1) is 0 Å². The van der Waals surface area contributed by atoms with Crippen molar-refractivity contribution in [2.45, 2.75) is 18.6 Å². The van der Waals surface area contributed by atoms with Gasteiger partial charge in [0.05, 0.1) is 13.1 Å². The standard InChI is InChI=1S/C16H21F5N4O/c1-22-15(24-11-4-6-25(9-11)10-16(19,20)21)23-5-7-26-12-2-3-13(17)14(18)8-12/h2-3,8,11H,4-7,9-10H2,1H3,(H2,22,23,24). The molecule has 0 aromatic heterocycles. The van der Waals surface area contributed by atoms with Crippen molar-refractivity contribution >= 4 is 5.96 Å². The van der Waals surface area contributed by atoms with Crippen molar-refractivity contribution in [2.75, 3.05) is 39.8 Å². The molecule has 10 heteroatoms. The number of nitrogens with one attached hydrogen (secondary N) is 2. The summed E-state index contributed by atoms with van der Waals surface area (Å²) in [6.45, 7) is 0.243. The number of alkyl halides is 3. The summed E-state index contributed by atoms with van der Waals surface area (Å²) in [6, 6.07) is 3.12. The Balaban J connectivity index is 1.69. The molecule has 1 unspecified atom stereocenters. The lowest BCUT2D eigenvalue weighted by atomic mass is 10.3. The maximum absolute atomic E-state index is 13.1. The first-order valence-corrected chi connectivity index (χ1v) is 8.11. The molecule has 0 spiro atoms. The first-order chi connectivity index (χ1) is 12.3. The summed E-state index contributed by atoms with van der Waals surface area (Å²) in [5.41, 5.74) is 0. The lowest BCUT2D eigenvalue weighted by Gasteiger charge is -2.19. The van der Waals surface area contributed by atoms with Gasteiger partial charge in [0.2, 0.25) is 0 Å². The number of likely N-dealkylation sites (tertiary alicyclic amines) is 1. The molecule has 1 fully saturated rings. The highest BCUT2D eigenvalue weighted by Gasteiger charge is 2.34.